The Morgan fingerprint density at radius 2 is 1.71 bits per heavy atom. The molecule has 0 amide bonds. The predicted octanol–water partition coefficient (Wildman–Crippen LogP) is 2.29. The van der Waals surface area contributed by atoms with E-state index in [2.05, 4.69) is 30.5 Å². The summed E-state index contributed by atoms with van der Waals surface area (Å²) in [5.41, 5.74) is 0.839. The van der Waals surface area contributed by atoms with Crippen molar-refractivity contribution in [1.82, 2.24) is 30.0 Å². The number of fused-ring (bicyclic) bond motifs is 1. The molecule has 11 heteroatoms. The highest BCUT2D eigenvalue weighted by Crippen LogP contribution is 2.17. The van der Waals surface area contributed by atoms with E-state index in [0.29, 0.717) is 24.6 Å². The molecule has 0 aliphatic rings. The number of benzene rings is 1. The predicted molar refractivity (Wildman–Crippen MR) is 132 cm³/mol. The minimum Gasteiger partial charge on any atom is -0.352 e. The van der Waals surface area contributed by atoms with Crippen molar-refractivity contribution in [3.05, 3.63) is 60.0 Å². The van der Waals surface area contributed by atoms with Crippen molar-refractivity contribution in [1.29, 1.82) is 0 Å². The second-order valence-corrected chi connectivity index (χ2v) is 9.44. The summed E-state index contributed by atoms with van der Waals surface area (Å²) < 4.78 is 30.2. The van der Waals surface area contributed by atoms with E-state index in [0.717, 1.165) is 11.5 Å². The van der Waals surface area contributed by atoms with Gasteiger partial charge in [-0.3, -0.25) is 9.39 Å². The van der Waals surface area contributed by atoms with Gasteiger partial charge in [0.25, 0.3) is 0 Å². The highest BCUT2D eigenvalue weighted by molar-refractivity contribution is 14.0. The van der Waals surface area contributed by atoms with Gasteiger partial charge in [-0.05, 0) is 44.5 Å². The van der Waals surface area contributed by atoms with Gasteiger partial charge < -0.3 is 10.6 Å². The zero-order valence-electron chi connectivity index (χ0n) is 18.0. The van der Waals surface area contributed by atoms with Crippen LogP contribution in [0.4, 0.5) is 0 Å². The summed E-state index contributed by atoms with van der Waals surface area (Å²) in [4.78, 5) is 4.45. The molecule has 2 heterocycles. The number of nitrogens with zero attached hydrogens (tertiary/aromatic N) is 4. The molecule has 1 aromatic carbocycles. The minimum absolute atomic E-state index is 0. The fourth-order valence-corrected chi connectivity index (χ4v) is 4.60. The summed E-state index contributed by atoms with van der Waals surface area (Å²) >= 11 is 0. The number of halogens is 1. The molecular weight excluding hydrogens is 529 g/mol. The van der Waals surface area contributed by atoms with Crippen molar-refractivity contribution >= 4 is 45.6 Å². The molecule has 0 saturated heterocycles. The molecule has 0 unspecified atom stereocenters. The molecule has 31 heavy (non-hydrogen) atoms. The SMILES string of the molecule is CN=C(NCc1ccccc1S(=O)(=O)NC(C)(C)C)NCc1nnc2ccccn12.I. The fraction of sp³-hybridized carbons (Fsp3) is 0.350. The van der Waals surface area contributed by atoms with Crippen molar-refractivity contribution in [2.75, 3.05) is 7.05 Å². The molecule has 168 valence electrons. The highest BCUT2D eigenvalue weighted by Gasteiger charge is 2.24. The first-order chi connectivity index (χ1) is 14.2. The monoisotopic (exact) mass is 557 g/mol. The normalized spacial score (nSPS) is 12.5. The third-order valence-corrected chi connectivity index (χ3v) is 6.03. The zero-order chi connectivity index (χ0) is 21.8. The van der Waals surface area contributed by atoms with Gasteiger partial charge in [0, 0.05) is 25.3 Å². The van der Waals surface area contributed by atoms with Crippen LogP contribution < -0.4 is 15.4 Å². The molecule has 3 rings (SSSR count). The van der Waals surface area contributed by atoms with Crippen molar-refractivity contribution < 1.29 is 8.42 Å². The van der Waals surface area contributed by atoms with E-state index >= 15 is 0 Å². The van der Waals surface area contributed by atoms with Gasteiger partial charge >= 0.3 is 0 Å². The van der Waals surface area contributed by atoms with E-state index in [1.54, 1.807) is 25.2 Å². The third-order valence-electron chi connectivity index (χ3n) is 4.17. The number of aromatic nitrogens is 3. The average molecular weight is 557 g/mol. The standard InChI is InChI=1S/C20H27N7O2S.HI/c1-20(2,3)26-30(28,29)16-10-6-5-9-15(16)13-22-19(21-4)23-14-18-25-24-17-11-7-8-12-27(17)18;/h5-12,26H,13-14H2,1-4H3,(H2,21,22,23);1H. The van der Waals surface area contributed by atoms with Crippen LogP contribution >= 0.6 is 24.0 Å². The van der Waals surface area contributed by atoms with Crippen molar-refractivity contribution in [3.63, 3.8) is 0 Å². The summed E-state index contributed by atoms with van der Waals surface area (Å²) in [5, 5.41) is 14.6. The van der Waals surface area contributed by atoms with Gasteiger partial charge in [-0.15, -0.1) is 34.2 Å². The van der Waals surface area contributed by atoms with Crippen LogP contribution in [0.2, 0.25) is 0 Å². The average Bonchev–Trinajstić information content (AvgIpc) is 3.10. The number of hydrogen-bond donors (Lipinski definition) is 3. The first-order valence-electron chi connectivity index (χ1n) is 9.55. The molecule has 0 atom stereocenters. The Balaban J connectivity index is 0.00000341. The smallest absolute Gasteiger partial charge is 0.241 e. The van der Waals surface area contributed by atoms with Crippen LogP contribution in [0.25, 0.3) is 5.65 Å². The number of pyridine rings is 1. The van der Waals surface area contributed by atoms with E-state index in [1.165, 1.54) is 0 Å². The first kappa shape index (κ1) is 25.0. The molecule has 0 radical (unpaired) electrons. The van der Waals surface area contributed by atoms with E-state index in [4.69, 9.17) is 0 Å². The number of nitrogens with one attached hydrogen (secondary N) is 3. The van der Waals surface area contributed by atoms with Crippen molar-refractivity contribution in [2.24, 2.45) is 4.99 Å². The van der Waals surface area contributed by atoms with E-state index < -0.39 is 15.6 Å². The number of aliphatic imine (C=N–C) groups is 1. The van der Waals surface area contributed by atoms with Gasteiger partial charge in [-0.25, -0.2) is 13.1 Å². The molecule has 0 bridgehead atoms. The molecule has 0 spiro atoms. The molecular formula is C20H28IN7O2S. The lowest BCUT2D eigenvalue weighted by molar-refractivity contribution is 0.491. The Kier molecular flexibility index (Phi) is 8.37. The van der Waals surface area contributed by atoms with Crippen LogP contribution in [-0.2, 0) is 23.1 Å². The lowest BCUT2D eigenvalue weighted by atomic mass is 10.1. The maximum Gasteiger partial charge on any atom is 0.241 e. The van der Waals surface area contributed by atoms with Crippen LogP contribution in [-0.4, -0.2) is 41.6 Å². The summed E-state index contributed by atoms with van der Waals surface area (Å²) in [6.07, 6.45) is 1.89. The van der Waals surface area contributed by atoms with Gasteiger partial charge in [-0.1, -0.05) is 24.3 Å². The molecule has 0 aliphatic heterocycles. The Morgan fingerprint density at radius 1 is 1.03 bits per heavy atom. The van der Waals surface area contributed by atoms with Gasteiger partial charge in [0.05, 0.1) is 11.4 Å². The maximum atomic E-state index is 12.8. The number of sulfonamides is 1. The highest BCUT2D eigenvalue weighted by atomic mass is 127. The van der Waals surface area contributed by atoms with Crippen LogP contribution in [0.1, 0.15) is 32.2 Å². The molecule has 0 saturated carbocycles. The van der Waals surface area contributed by atoms with Crippen LogP contribution in [0, 0.1) is 0 Å². The third kappa shape index (κ3) is 6.61. The number of rotatable bonds is 6. The molecule has 0 aliphatic carbocycles. The zero-order valence-corrected chi connectivity index (χ0v) is 21.1. The molecule has 3 N–H and O–H groups in total. The summed E-state index contributed by atoms with van der Waals surface area (Å²) in [6.45, 7) is 6.14. The molecule has 9 nitrogen and oxygen atoms in total. The van der Waals surface area contributed by atoms with Gasteiger partial charge in [0.15, 0.2) is 17.4 Å². The maximum absolute atomic E-state index is 12.8. The number of guanidine groups is 1. The van der Waals surface area contributed by atoms with Crippen molar-refractivity contribution in [2.45, 2.75) is 44.3 Å². The fourth-order valence-electron chi connectivity index (χ4n) is 2.94. The van der Waals surface area contributed by atoms with Crippen LogP contribution in [0.5, 0.6) is 0 Å². The molecule has 3 aromatic rings. The molecule has 2 aromatic heterocycles. The second-order valence-electron chi connectivity index (χ2n) is 7.79. The van der Waals surface area contributed by atoms with Gasteiger partial charge in [0.2, 0.25) is 10.0 Å². The van der Waals surface area contributed by atoms with E-state index in [9.17, 15) is 8.42 Å². The van der Waals surface area contributed by atoms with Gasteiger partial charge in [-0.2, -0.15) is 0 Å². The topological polar surface area (TPSA) is 113 Å². The first-order valence-corrected chi connectivity index (χ1v) is 11.0. The Bertz CT molecular complexity index is 1150. The Labute approximate surface area is 199 Å². The van der Waals surface area contributed by atoms with Crippen LogP contribution in [0.15, 0.2) is 58.5 Å². The number of hydrogen-bond acceptors (Lipinski definition) is 5. The second kappa shape index (κ2) is 10.4. The minimum atomic E-state index is -3.65. The Hall–Kier alpha value is -2.25. The summed E-state index contributed by atoms with van der Waals surface area (Å²) in [6, 6.07) is 12.6. The summed E-state index contributed by atoms with van der Waals surface area (Å²) in [5.74, 6) is 1.27. The van der Waals surface area contributed by atoms with Crippen LogP contribution in [0.3, 0.4) is 0 Å². The Morgan fingerprint density at radius 3 is 2.42 bits per heavy atom. The van der Waals surface area contributed by atoms with E-state index in [-0.39, 0.29) is 28.9 Å². The van der Waals surface area contributed by atoms with Crippen molar-refractivity contribution in [3.8, 4) is 0 Å². The quantitative estimate of drug-likeness (QED) is 0.244. The van der Waals surface area contributed by atoms with Gasteiger partial charge in [0.1, 0.15) is 0 Å². The lowest BCUT2D eigenvalue weighted by Crippen LogP contribution is -2.41. The largest absolute Gasteiger partial charge is 0.352 e. The summed E-state index contributed by atoms with van der Waals surface area (Å²) in [7, 11) is -1.99. The van der Waals surface area contributed by atoms with E-state index in [1.807, 2.05) is 55.6 Å². The molecule has 0 fully saturated rings. The lowest BCUT2D eigenvalue weighted by Gasteiger charge is -2.22.